The predicted molar refractivity (Wildman–Crippen MR) is 97.8 cm³/mol. The number of anilines is 1. The number of carbonyl (C=O) groups excluding carboxylic acids is 1. The number of rotatable bonds is 4. The fraction of sp³-hybridized carbons (Fsp3) is 0.111. The second-order valence-corrected chi connectivity index (χ2v) is 6.99. The van der Waals surface area contributed by atoms with Gasteiger partial charge in [-0.1, -0.05) is 6.07 Å². The van der Waals surface area contributed by atoms with Crippen LogP contribution in [0.5, 0.6) is 0 Å². The lowest BCUT2D eigenvalue weighted by Gasteiger charge is -2.10. The number of nitrogen functional groups attached to an aromatic ring is 1. The number of nitrogens with two attached hydrogens (primary N) is 1. The summed E-state index contributed by atoms with van der Waals surface area (Å²) in [5.41, 5.74) is 4.98. The van der Waals surface area contributed by atoms with Crippen molar-refractivity contribution >= 4 is 28.7 Å². The molecule has 0 aliphatic heterocycles. The normalized spacial score (nSPS) is 11.8. The standard InChI is InChI=1S/C18H13F3N4O2S/c19-18(20,21)13-6-11(10-3-4-27-9-10)8-25-15(22)14(24-16(13)25)17(26)23-7-12-2-1-5-28-12/h1-6,8-9H,7,22H2,(H,23,26). The topological polar surface area (TPSA) is 85.6 Å². The van der Waals surface area contributed by atoms with E-state index in [1.165, 1.54) is 36.1 Å². The van der Waals surface area contributed by atoms with Crippen molar-refractivity contribution < 1.29 is 22.4 Å². The average molecular weight is 406 g/mol. The Labute approximate surface area is 160 Å². The first-order valence-electron chi connectivity index (χ1n) is 8.06. The summed E-state index contributed by atoms with van der Waals surface area (Å²) in [4.78, 5) is 17.2. The van der Waals surface area contributed by atoms with Crippen LogP contribution in [-0.2, 0) is 12.7 Å². The molecule has 6 nitrogen and oxygen atoms in total. The lowest BCUT2D eigenvalue weighted by Crippen LogP contribution is -2.23. The Hall–Kier alpha value is -3.27. The van der Waals surface area contributed by atoms with Crippen LogP contribution in [0.2, 0.25) is 0 Å². The van der Waals surface area contributed by atoms with Crippen molar-refractivity contribution in [2.75, 3.05) is 5.73 Å². The van der Waals surface area contributed by atoms with E-state index in [2.05, 4.69) is 10.3 Å². The van der Waals surface area contributed by atoms with Gasteiger partial charge >= 0.3 is 6.18 Å². The van der Waals surface area contributed by atoms with E-state index in [1.54, 1.807) is 0 Å². The van der Waals surface area contributed by atoms with Crippen LogP contribution in [0.3, 0.4) is 0 Å². The number of amides is 1. The smallest absolute Gasteiger partial charge is 0.420 e. The third-order valence-corrected chi connectivity index (χ3v) is 5.01. The molecule has 4 heterocycles. The van der Waals surface area contributed by atoms with Gasteiger partial charge in [0.1, 0.15) is 5.82 Å². The SMILES string of the molecule is Nc1c(C(=O)NCc2cccs2)nc2c(C(F)(F)F)cc(-c3ccoc3)cn12. The van der Waals surface area contributed by atoms with Crippen molar-refractivity contribution in [3.63, 3.8) is 0 Å². The number of alkyl halides is 3. The van der Waals surface area contributed by atoms with Gasteiger partial charge in [0.2, 0.25) is 0 Å². The summed E-state index contributed by atoms with van der Waals surface area (Å²) in [7, 11) is 0. The molecule has 10 heteroatoms. The Morgan fingerprint density at radius 3 is 2.79 bits per heavy atom. The molecule has 0 spiro atoms. The van der Waals surface area contributed by atoms with E-state index in [-0.39, 0.29) is 23.6 Å². The predicted octanol–water partition coefficient (Wildman–Crippen LogP) is 4.19. The van der Waals surface area contributed by atoms with Crippen molar-refractivity contribution in [1.82, 2.24) is 14.7 Å². The lowest BCUT2D eigenvalue weighted by molar-refractivity contribution is -0.136. The molecule has 3 N–H and O–H groups in total. The van der Waals surface area contributed by atoms with Gasteiger partial charge in [0, 0.05) is 22.2 Å². The van der Waals surface area contributed by atoms with E-state index in [0.29, 0.717) is 5.56 Å². The summed E-state index contributed by atoms with van der Waals surface area (Å²) in [6, 6.07) is 6.15. The number of fused-ring (bicyclic) bond motifs is 1. The lowest BCUT2D eigenvalue weighted by atomic mass is 10.1. The quantitative estimate of drug-likeness (QED) is 0.532. The van der Waals surface area contributed by atoms with Gasteiger partial charge in [0.15, 0.2) is 11.3 Å². The van der Waals surface area contributed by atoms with Crippen LogP contribution >= 0.6 is 11.3 Å². The summed E-state index contributed by atoms with van der Waals surface area (Å²) in [6.07, 6.45) is -0.603. The van der Waals surface area contributed by atoms with Gasteiger partial charge < -0.3 is 15.5 Å². The van der Waals surface area contributed by atoms with Crippen LogP contribution in [0.4, 0.5) is 19.0 Å². The number of imidazole rings is 1. The molecule has 0 unspecified atom stereocenters. The molecule has 0 saturated carbocycles. The maximum atomic E-state index is 13.6. The van der Waals surface area contributed by atoms with E-state index >= 15 is 0 Å². The highest BCUT2D eigenvalue weighted by atomic mass is 32.1. The maximum Gasteiger partial charge on any atom is 0.420 e. The number of halogens is 3. The third kappa shape index (κ3) is 3.22. The molecule has 0 saturated heterocycles. The summed E-state index contributed by atoms with van der Waals surface area (Å²) in [6.45, 7) is 0.232. The second-order valence-electron chi connectivity index (χ2n) is 5.95. The molecule has 28 heavy (non-hydrogen) atoms. The Bertz CT molecular complexity index is 1130. The molecular weight excluding hydrogens is 393 g/mol. The van der Waals surface area contributed by atoms with Gasteiger partial charge in [-0.2, -0.15) is 13.2 Å². The number of hydrogen-bond acceptors (Lipinski definition) is 5. The van der Waals surface area contributed by atoms with Crippen molar-refractivity contribution in [2.24, 2.45) is 0 Å². The first kappa shape index (κ1) is 18.1. The molecule has 0 aliphatic rings. The zero-order chi connectivity index (χ0) is 19.9. The number of pyridine rings is 1. The molecule has 0 atom stereocenters. The summed E-state index contributed by atoms with van der Waals surface area (Å²) >= 11 is 1.45. The van der Waals surface area contributed by atoms with E-state index in [0.717, 1.165) is 15.3 Å². The molecule has 144 valence electrons. The van der Waals surface area contributed by atoms with E-state index in [4.69, 9.17) is 10.2 Å². The minimum absolute atomic E-state index is 0.172. The van der Waals surface area contributed by atoms with Crippen LogP contribution in [0.15, 0.2) is 52.8 Å². The van der Waals surface area contributed by atoms with Crippen molar-refractivity contribution in [1.29, 1.82) is 0 Å². The van der Waals surface area contributed by atoms with E-state index < -0.39 is 23.3 Å². The van der Waals surface area contributed by atoms with Crippen molar-refractivity contribution in [2.45, 2.75) is 12.7 Å². The zero-order valence-electron chi connectivity index (χ0n) is 14.2. The summed E-state index contributed by atoms with van der Waals surface area (Å²) in [5.74, 6) is -0.817. The molecule has 4 rings (SSSR count). The molecule has 0 fully saturated rings. The molecule has 0 bridgehead atoms. The number of thiophene rings is 1. The van der Waals surface area contributed by atoms with Crippen molar-refractivity contribution in [3.8, 4) is 11.1 Å². The monoisotopic (exact) mass is 406 g/mol. The molecular formula is C18H13F3N4O2S. The molecule has 1 amide bonds. The number of nitrogens with one attached hydrogen (secondary N) is 1. The first-order chi connectivity index (χ1) is 13.3. The Kier molecular flexibility index (Phi) is 4.34. The fourth-order valence-electron chi connectivity index (χ4n) is 2.79. The van der Waals surface area contributed by atoms with Crippen LogP contribution in [-0.4, -0.2) is 15.3 Å². The number of carbonyl (C=O) groups is 1. The molecule has 0 radical (unpaired) electrons. The summed E-state index contributed by atoms with van der Waals surface area (Å²) < 4.78 is 46.8. The number of hydrogen-bond donors (Lipinski definition) is 2. The Balaban J connectivity index is 1.79. The second kappa shape index (κ2) is 6.71. The highest BCUT2D eigenvalue weighted by Gasteiger charge is 2.36. The highest BCUT2D eigenvalue weighted by Crippen LogP contribution is 2.36. The number of aromatic nitrogens is 2. The molecule has 0 aromatic carbocycles. The van der Waals surface area contributed by atoms with Crippen LogP contribution in [0.1, 0.15) is 20.9 Å². The van der Waals surface area contributed by atoms with Crippen molar-refractivity contribution in [3.05, 3.63) is 64.5 Å². The molecule has 0 aliphatic carbocycles. The van der Waals surface area contributed by atoms with Crippen LogP contribution < -0.4 is 11.1 Å². The summed E-state index contributed by atoms with van der Waals surface area (Å²) in [5, 5.41) is 4.48. The van der Waals surface area contributed by atoms with E-state index in [1.807, 2.05) is 17.5 Å². The number of nitrogens with zero attached hydrogens (tertiary/aromatic N) is 2. The highest BCUT2D eigenvalue weighted by molar-refractivity contribution is 7.09. The fourth-order valence-corrected chi connectivity index (χ4v) is 3.43. The number of furan rings is 1. The molecule has 4 aromatic rings. The minimum Gasteiger partial charge on any atom is -0.472 e. The Morgan fingerprint density at radius 1 is 1.32 bits per heavy atom. The van der Waals surface area contributed by atoms with Gasteiger partial charge in [-0.25, -0.2) is 4.98 Å². The first-order valence-corrected chi connectivity index (χ1v) is 8.94. The maximum absolute atomic E-state index is 13.6. The van der Waals surface area contributed by atoms with E-state index in [9.17, 15) is 18.0 Å². The zero-order valence-corrected chi connectivity index (χ0v) is 15.0. The van der Waals surface area contributed by atoms with Crippen LogP contribution in [0.25, 0.3) is 16.8 Å². The van der Waals surface area contributed by atoms with Gasteiger partial charge in [-0.15, -0.1) is 11.3 Å². The largest absolute Gasteiger partial charge is 0.472 e. The van der Waals surface area contributed by atoms with Gasteiger partial charge in [0.05, 0.1) is 24.6 Å². The Morgan fingerprint density at radius 2 is 2.14 bits per heavy atom. The molecule has 4 aromatic heterocycles. The van der Waals surface area contributed by atoms with Gasteiger partial charge in [-0.3, -0.25) is 9.20 Å². The van der Waals surface area contributed by atoms with Gasteiger partial charge in [-0.05, 0) is 23.6 Å². The van der Waals surface area contributed by atoms with Gasteiger partial charge in [0.25, 0.3) is 5.91 Å². The third-order valence-electron chi connectivity index (χ3n) is 4.14. The average Bonchev–Trinajstić information content (AvgIpc) is 3.40. The van der Waals surface area contributed by atoms with Crippen LogP contribution in [0, 0.1) is 0 Å². The minimum atomic E-state index is -4.68.